The molecule has 1 aromatic rings. The molecule has 0 amide bonds. The molecule has 1 atom stereocenters. The fourth-order valence-corrected chi connectivity index (χ4v) is 2.23. The minimum Gasteiger partial charge on any atom is -0.496 e. The van der Waals surface area contributed by atoms with Gasteiger partial charge in [0.25, 0.3) is 0 Å². The largest absolute Gasteiger partial charge is 0.496 e. The first-order valence-electron chi connectivity index (χ1n) is 4.67. The second-order valence-electron chi connectivity index (χ2n) is 3.46. The first-order chi connectivity index (χ1) is 7.09. The fourth-order valence-electron chi connectivity index (χ4n) is 1.38. The van der Waals surface area contributed by atoms with Crippen LogP contribution in [-0.4, -0.2) is 20.8 Å². The number of benzene rings is 1. The van der Waals surface area contributed by atoms with Crippen LogP contribution in [0.1, 0.15) is 12.5 Å². The Kier molecular flexibility index (Phi) is 4.13. The number of ether oxygens (including phenoxy) is 2. The van der Waals surface area contributed by atoms with Crippen molar-refractivity contribution in [3.63, 3.8) is 0 Å². The zero-order chi connectivity index (χ0) is 11.5. The standard InChI is InChI=1S/C11H16BrNO2/c1-11(7-13,15-3)8-5-4-6-9(14-2)10(8)12/h4-6H,7,13H2,1-3H3. The smallest absolute Gasteiger partial charge is 0.133 e. The van der Waals surface area contributed by atoms with E-state index < -0.39 is 5.60 Å². The zero-order valence-corrected chi connectivity index (χ0v) is 10.8. The third kappa shape index (κ3) is 2.33. The van der Waals surface area contributed by atoms with Crippen molar-refractivity contribution in [2.75, 3.05) is 20.8 Å². The summed E-state index contributed by atoms with van der Waals surface area (Å²) < 4.78 is 11.6. The number of methoxy groups -OCH3 is 2. The van der Waals surface area contributed by atoms with E-state index in [1.807, 2.05) is 25.1 Å². The molecule has 84 valence electrons. The predicted octanol–water partition coefficient (Wildman–Crippen LogP) is 2.28. The summed E-state index contributed by atoms with van der Waals surface area (Å²) in [6.45, 7) is 2.36. The molecule has 0 radical (unpaired) electrons. The molecular weight excluding hydrogens is 258 g/mol. The molecule has 2 N–H and O–H groups in total. The Morgan fingerprint density at radius 2 is 2.07 bits per heavy atom. The van der Waals surface area contributed by atoms with Crippen LogP contribution in [0.5, 0.6) is 5.75 Å². The van der Waals surface area contributed by atoms with Crippen molar-refractivity contribution in [1.82, 2.24) is 0 Å². The third-order valence-electron chi connectivity index (χ3n) is 2.59. The maximum atomic E-state index is 5.72. The third-order valence-corrected chi connectivity index (χ3v) is 3.41. The molecule has 15 heavy (non-hydrogen) atoms. The van der Waals surface area contributed by atoms with E-state index in [1.165, 1.54) is 0 Å². The Bertz CT molecular complexity index is 337. The van der Waals surface area contributed by atoms with E-state index in [0.29, 0.717) is 6.54 Å². The lowest BCUT2D eigenvalue weighted by molar-refractivity contribution is 0.00929. The summed E-state index contributed by atoms with van der Waals surface area (Å²) in [6.07, 6.45) is 0. The summed E-state index contributed by atoms with van der Waals surface area (Å²) in [7, 11) is 3.29. The van der Waals surface area contributed by atoms with Crippen LogP contribution in [0.3, 0.4) is 0 Å². The van der Waals surface area contributed by atoms with Crippen LogP contribution in [0, 0.1) is 0 Å². The number of rotatable bonds is 4. The maximum Gasteiger partial charge on any atom is 0.133 e. The normalized spacial score (nSPS) is 14.7. The summed E-state index contributed by atoms with van der Waals surface area (Å²) in [5, 5.41) is 0. The average Bonchev–Trinajstić information content (AvgIpc) is 2.28. The molecule has 0 aromatic heterocycles. The lowest BCUT2D eigenvalue weighted by Crippen LogP contribution is -2.34. The van der Waals surface area contributed by atoms with Crippen LogP contribution in [0.2, 0.25) is 0 Å². The quantitative estimate of drug-likeness (QED) is 0.916. The zero-order valence-electron chi connectivity index (χ0n) is 9.21. The van der Waals surface area contributed by atoms with Gasteiger partial charge in [0.2, 0.25) is 0 Å². The molecule has 1 aromatic carbocycles. The summed E-state index contributed by atoms with van der Waals surface area (Å²) >= 11 is 3.50. The highest BCUT2D eigenvalue weighted by atomic mass is 79.9. The first-order valence-corrected chi connectivity index (χ1v) is 5.46. The van der Waals surface area contributed by atoms with Gasteiger partial charge >= 0.3 is 0 Å². The van der Waals surface area contributed by atoms with Crippen LogP contribution in [0.15, 0.2) is 22.7 Å². The summed E-state index contributed by atoms with van der Waals surface area (Å²) in [6, 6.07) is 5.79. The fraction of sp³-hybridized carbons (Fsp3) is 0.455. The van der Waals surface area contributed by atoms with Crippen LogP contribution >= 0.6 is 15.9 Å². The van der Waals surface area contributed by atoms with E-state index in [-0.39, 0.29) is 0 Å². The molecular formula is C11H16BrNO2. The molecule has 1 unspecified atom stereocenters. The first kappa shape index (κ1) is 12.5. The second-order valence-corrected chi connectivity index (χ2v) is 4.25. The van der Waals surface area contributed by atoms with Gasteiger partial charge in [-0.15, -0.1) is 0 Å². The van der Waals surface area contributed by atoms with Gasteiger partial charge in [0.15, 0.2) is 0 Å². The highest BCUT2D eigenvalue weighted by Gasteiger charge is 2.27. The van der Waals surface area contributed by atoms with E-state index >= 15 is 0 Å². The molecule has 0 aliphatic carbocycles. The second kappa shape index (κ2) is 4.96. The highest BCUT2D eigenvalue weighted by Crippen LogP contribution is 2.36. The summed E-state index contributed by atoms with van der Waals surface area (Å²) in [5.74, 6) is 0.782. The predicted molar refractivity (Wildman–Crippen MR) is 64.1 cm³/mol. The van der Waals surface area contributed by atoms with Gasteiger partial charge < -0.3 is 15.2 Å². The Labute approximate surface area is 98.7 Å². The number of halogens is 1. The molecule has 1 rings (SSSR count). The van der Waals surface area contributed by atoms with Gasteiger partial charge in [-0.3, -0.25) is 0 Å². The molecule has 0 saturated heterocycles. The van der Waals surface area contributed by atoms with Crippen molar-refractivity contribution in [2.45, 2.75) is 12.5 Å². The molecule has 0 aliphatic heterocycles. The minimum atomic E-state index is -0.493. The van der Waals surface area contributed by atoms with E-state index in [2.05, 4.69) is 15.9 Å². The Balaban J connectivity index is 3.24. The maximum absolute atomic E-state index is 5.72. The molecule has 0 aliphatic rings. The Morgan fingerprint density at radius 1 is 1.40 bits per heavy atom. The monoisotopic (exact) mass is 273 g/mol. The Hall–Kier alpha value is -0.580. The van der Waals surface area contributed by atoms with Crippen molar-refractivity contribution >= 4 is 15.9 Å². The van der Waals surface area contributed by atoms with Gasteiger partial charge in [-0.05, 0) is 28.9 Å². The molecule has 0 spiro atoms. The van der Waals surface area contributed by atoms with Crippen molar-refractivity contribution in [3.05, 3.63) is 28.2 Å². The SMILES string of the molecule is COc1cccc(C(C)(CN)OC)c1Br. The van der Waals surface area contributed by atoms with Crippen molar-refractivity contribution in [3.8, 4) is 5.75 Å². The lowest BCUT2D eigenvalue weighted by Gasteiger charge is -2.28. The van der Waals surface area contributed by atoms with Crippen LogP contribution < -0.4 is 10.5 Å². The molecule has 4 heteroatoms. The van der Waals surface area contributed by atoms with Gasteiger partial charge in [0.05, 0.1) is 11.6 Å². The highest BCUT2D eigenvalue weighted by molar-refractivity contribution is 9.10. The molecule has 0 fully saturated rings. The van der Waals surface area contributed by atoms with Crippen molar-refractivity contribution < 1.29 is 9.47 Å². The minimum absolute atomic E-state index is 0.412. The average molecular weight is 274 g/mol. The molecule has 0 heterocycles. The summed E-state index contributed by atoms with van der Waals surface area (Å²) in [4.78, 5) is 0. The van der Waals surface area contributed by atoms with E-state index in [9.17, 15) is 0 Å². The Morgan fingerprint density at radius 3 is 2.53 bits per heavy atom. The number of nitrogens with two attached hydrogens (primary N) is 1. The van der Waals surface area contributed by atoms with E-state index in [1.54, 1.807) is 14.2 Å². The molecule has 0 bridgehead atoms. The molecule has 0 saturated carbocycles. The van der Waals surface area contributed by atoms with Crippen LogP contribution in [0.25, 0.3) is 0 Å². The number of hydrogen-bond acceptors (Lipinski definition) is 3. The lowest BCUT2D eigenvalue weighted by atomic mass is 9.96. The van der Waals surface area contributed by atoms with Gasteiger partial charge in [0, 0.05) is 19.2 Å². The van der Waals surface area contributed by atoms with Crippen LogP contribution in [-0.2, 0) is 10.3 Å². The van der Waals surface area contributed by atoms with Gasteiger partial charge in [-0.1, -0.05) is 12.1 Å². The van der Waals surface area contributed by atoms with E-state index in [4.69, 9.17) is 15.2 Å². The van der Waals surface area contributed by atoms with Crippen molar-refractivity contribution in [2.24, 2.45) is 5.73 Å². The van der Waals surface area contributed by atoms with Crippen molar-refractivity contribution in [1.29, 1.82) is 0 Å². The van der Waals surface area contributed by atoms with Crippen LogP contribution in [0.4, 0.5) is 0 Å². The summed E-state index contributed by atoms with van der Waals surface area (Å²) in [5.41, 5.74) is 6.22. The number of hydrogen-bond donors (Lipinski definition) is 1. The van der Waals surface area contributed by atoms with Gasteiger partial charge in [-0.25, -0.2) is 0 Å². The van der Waals surface area contributed by atoms with Gasteiger partial charge in [-0.2, -0.15) is 0 Å². The molecule has 3 nitrogen and oxygen atoms in total. The van der Waals surface area contributed by atoms with E-state index in [0.717, 1.165) is 15.8 Å². The van der Waals surface area contributed by atoms with Gasteiger partial charge in [0.1, 0.15) is 11.4 Å². The topological polar surface area (TPSA) is 44.5 Å².